The van der Waals surface area contributed by atoms with Crippen LogP contribution in [0, 0.1) is 0 Å². The number of hydrogen-bond acceptors (Lipinski definition) is 7. The van der Waals surface area contributed by atoms with Crippen molar-refractivity contribution in [1.29, 1.82) is 0 Å². The molecule has 1 saturated heterocycles. The van der Waals surface area contributed by atoms with E-state index in [0.717, 1.165) is 16.4 Å². The fourth-order valence-electron chi connectivity index (χ4n) is 2.84. The summed E-state index contributed by atoms with van der Waals surface area (Å²) in [6.07, 6.45) is 2.29. The van der Waals surface area contributed by atoms with E-state index in [1.165, 1.54) is 11.3 Å². The van der Waals surface area contributed by atoms with E-state index in [-0.39, 0.29) is 12.1 Å². The topological polar surface area (TPSA) is 96.0 Å². The van der Waals surface area contributed by atoms with Gasteiger partial charge in [0.1, 0.15) is 10.3 Å². The predicted octanol–water partition coefficient (Wildman–Crippen LogP) is 0.920. The highest BCUT2D eigenvalue weighted by Crippen LogP contribution is 2.21. The van der Waals surface area contributed by atoms with Gasteiger partial charge in [-0.15, -0.1) is 11.3 Å². The molecular formula is C15H21N5O2S2. The molecule has 0 aromatic carbocycles. The lowest BCUT2D eigenvalue weighted by molar-refractivity contribution is 0.545. The number of sulfonamides is 1. The van der Waals surface area contributed by atoms with Gasteiger partial charge < -0.3 is 0 Å². The summed E-state index contributed by atoms with van der Waals surface area (Å²) in [5.41, 5.74) is 7.64. The lowest BCUT2D eigenvalue weighted by Gasteiger charge is -2.18. The Labute approximate surface area is 145 Å². The van der Waals surface area contributed by atoms with Crippen molar-refractivity contribution in [2.24, 2.45) is 0 Å². The highest BCUT2D eigenvalue weighted by atomic mass is 32.2. The van der Waals surface area contributed by atoms with Gasteiger partial charge in [-0.05, 0) is 26.0 Å². The largest absolute Gasteiger partial charge is 0.254 e. The number of rotatable bonds is 6. The van der Waals surface area contributed by atoms with E-state index in [4.69, 9.17) is 0 Å². The summed E-state index contributed by atoms with van der Waals surface area (Å²) in [5, 5.41) is 2.30. The summed E-state index contributed by atoms with van der Waals surface area (Å²) in [6.45, 7) is 4.06. The van der Waals surface area contributed by atoms with Crippen LogP contribution in [0.1, 0.15) is 19.5 Å². The van der Waals surface area contributed by atoms with Gasteiger partial charge in [-0.2, -0.15) is 0 Å². The molecule has 2 unspecified atom stereocenters. The quantitative estimate of drug-likeness (QED) is 0.703. The van der Waals surface area contributed by atoms with E-state index >= 15 is 0 Å². The van der Waals surface area contributed by atoms with Crippen LogP contribution in [0.2, 0.25) is 0 Å². The molecule has 3 N–H and O–H groups in total. The Bertz CT molecular complexity index is 768. The Morgan fingerprint density at radius 2 is 2.00 bits per heavy atom. The van der Waals surface area contributed by atoms with Crippen LogP contribution in [-0.2, 0) is 16.4 Å². The fourth-order valence-corrected chi connectivity index (χ4v) is 5.46. The molecule has 0 bridgehead atoms. The van der Waals surface area contributed by atoms with E-state index in [1.807, 2.05) is 37.4 Å². The second-order valence-corrected chi connectivity index (χ2v) is 8.66. The van der Waals surface area contributed by atoms with Gasteiger partial charge in [0.2, 0.25) is 10.0 Å². The summed E-state index contributed by atoms with van der Waals surface area (Å²) < 4.78 is 27.6. The highest BCUT2D eigenvalue weighted by molar-refractivity contribution is 7.90. The molecule has 2 aromatic heterocycles. The first-order valence-electron chi connectivity index (χ1n) is 7.83. The molecule has 24 heavy (non-hydrogen) atoms. The van der Waals surface area contributed by atoms with E-state index in [0.29, 0.717) is 13.0 Å². The lowest BCUT2D eigenvalue weighted by Crippen LogP contribution is -2.45. The first-order valence-corrected chi connectivity index (χ1v) is 10.3. The molecule has 0 saturated carbocycles. The van der Waals surface area contributed by atoms with Gasteiger partial charge in [-0.25, -0.2) is 18.1 Å². The molecule has 1 aliphatic rings. The van der Waals surface area contributed by atoms with Crippen molar-refractivity contribution in [1.82, 2.24) is 25.5 Å². The van der Waals surface area contributed by atoms with Crippen LogP contribution >= 0.6 is 11.3 Å². The van der Waals surface area contributed by atoms with Crippen LogP contribution in [0.4, 0.5) is 0 Å². The van der Waals surface area contributed by atoms with Gasteiger partial charge in [0, 0.05) is 36.6 Å². The highest BCUT2D eigenvalue weighted by Gasteiger charge is 2.39. The van der Waals surface area contributed by atoms with Gasteiger partial charge in [-0.1, -0.05) is 6.07 Å². The van der Waals surface area contributed by atoms with Crippen LogP contribution in [0.15, 0.2) is 29.8 Å². The SMILES string of the molecule is CC1NNC(C)C1S(=O)(=O)NCCc1csc(-c2ccccn2)n1. The maximum Gasteiger partial charge on any atom is 0.217 e. The van der Waals surface area contributed by atoms with Gasteiger partial charge in [0.05, 0.1) is 11.4 Å². The molecule has 0 aliphatic carbocycles. The van der Waals surface area contributed by atoms with Gasteiger partial charge in [0.25, 0.3) is 0 Å². The minimum atomic E-state index is -3.39. The smallest absolute Gasteiger partial charge is 0.217 e. The minimum Gasteiger partial charge on any atom is -0.254 e. The van der Waals surface area contributed by atoms with Crippen LogP contribution in [0.25, 0.3) is 10.7 Å². The standard InChI is InChI=1S/C15H21N5O2S2/c1-10-14(11(2)20-19-10)24(21,22)17-8-6-12-9-23-15(18-12)13-5-3-4-7-16-13/h3-5,7,9-11,14,17,19-20H,6,8H2,1-2H3. The molecule has 3 heterocycles. The molecule has 1 fully saturated rings. The zero-order valence-corrected chi connectivity index (χ0v) is 15.2. The van der Waals surface area contributed by atoms with Crippen LogP contribution < -0.4 is 15.6 Å². The van der Waals surface area contributed by atoms with E-state index in [1.54, 1.807) is 6.20 Å². The third-order valence-electron chi connectivity index (χ3n) is 4.00. The van der Waals surface area contributed by atoms with E-state index in [2.05, 4.69) is 25.5 Å². The summed E-state index contributed by atoms with van der Waals surface area (Å²) >= 11 is 1.52. The van der Waals surface area contributed by atoms with E-state index in [9.17, 15) is 8.42 Å². The van der Waals surface area contributed by atoms with Crippen LogP contribution in [0.5, 0.6) is 0 Å². The van der Waals surface area contributed by atoms with Gasteiger partial charge in [-0.3, -0.25) is 15.8 Å². The number of nitrogens with one attached hydrogen (secondary N) is 3. The predicted molar refractivity (Wildman–Crippen MR) is 95.0 cm³/mol. The maximum absolute atomic E-state index is 12.5. The van der Waals surface area contributed by atoms with Crippen LogP contribution in [-0.4, -0.2) is 42.3 Å². The minimum absolute atomic E-state index is 0.132. The van der Waals surface area contributed by atoms with Gasteiger partial charge >= 0.3 is 0 Å². The fraction of sp³-hybridized carbons (Fsp3) is 0.467. The number of aromatic nitrogens is 2. The molecule has 0 spiro atoms. The van der Waals surface area contributed by atoms with Crippen LogP contribution in [0.3, 0.4) is 0 Å². The van der Waals surface area contributed by atoms with Crippen molar-refractivity contribution in [3.63, 3.8) is 0 Å². The summed E-state index contributed by atoms with van der Waals surface area (Å²) in [7, 11) is -3.39. The Morgan fingerprint density at radius 1 is 1.25 bits per heavy atom. The second kappa shape index (κ2) is 7.24. The maximum atomic E-state index is 12.5. The molecule has 9 heteroatoms. The Kier molecular flexibility index (Phi) is 5.26. The number of hydrazine groups is 1. The molecule has 2 atom stereocenters. The molecule has 7 nitrogen and oxygen atoms in total. The summed E-state index contributed by atoms with van der Waals surface area (Å²) in [4.78, 5) is 8.80. The van der Waals surface area contributed by atoms with Crippen molar-refractivity contribution in [3.8, 4) is 10.7 Å². The Hall–Kier alpha value is -1.39. The number of pyridine rings is 1. The number of nitrogens with zero attached hydrogens (tertiary/aromatic N) is 2. The molecule has 0 radical (unpaired) electrons. The molecule has 130 valence electrons. The molecule has 1 aliphatic heterocycles. The monoisotopic (exact) mass is 367 g/mol. The second-order valence-electron chi connectivity index (χ2n) is 5.88. The lowest BCUT2D eigenvalue weighted by atomic mass is 10.2. The van der Waals surface area contributed by atoms with Gasteiger partial charge in [0.15, 0.2) is 0 Å². The molecule has 2 aromatic rings. The first-order chi connectivity index (χ1) is 11.5. The van der Waals surface area contributed by atoms with Crippen molar-refractivity contribution in [2.75, 3.05) is 6.54 Å². The number of thiazole rings is 1. The van der Waals surface area contributed by atoms with Crippen molar-refractivity contribution in [3.05, 3.63) is 35.5 Å². The molecular weight excluding hydrogens is 346 g/mol. The Morgan fingerprint density at radius 3 is 2.67 bits per heavy atom. The first kappa shape index (κ1) is 17.4. The Balaban J connectivity index is 1.58. The average molecular weight is 368 g/mol. The zero-order chi connectivity index (χ0) is 17.2. The third-order valence-corrected chi connectivity index (χ3v) is 7.06. The number of hydrogen-bond donors (Lipinski definition) is 3. The molecule has 0 amide bonds. The molecule has 3 rings (SSSR count). The average Bonchev–Trinajstić information content (AvgIpc) is 3.15. The van der Waals surface area contributed by atoms with Crippen molar-refractivity contribution in [2.45, 2.75) is 37.6 Å². The zero-order valence-electron chi connectivity index (χ0n) is 13.6. The summed E-state index contributed by atoms with van der Waals surface area (Å²) in [5.74, 6) is 0. The normalized spacial score (nSPS) is 24.3. The van der Waals surface area contributed by atoms with E-state index < -0.39 is 15.3 Å². The van der Waals surface area contributed by atoms with Crippen molar-refractivity contribution < 1.29 is 8.42 Å². The third kappa shape index (κ3) is 3.81. The summed E-state index contributed by atoms with van der Waals surface area (Å²) in [6, 6.07) is 5.43. The van der Waals surface area contributed by atoms with Crippen molar-refractivity contribution >= 4 is 21.4 Å².